The molecule has 1 aromatic carbocycles. The third-order valence-electron chi connectivity index (χ3n) is 14.3. The highest BCUT2D eigenvalue weighted by atomic mass is 35.5. The molecule has 0 saturated carbocycles. The van der Waals surface area contributed by atoms with Gasteiger partial charge in [0, 0.05) is 19.4 Å². The van der Waals surface area contributed by atoms with E-state index >= 15 is 0 Å². The number of carbonyl (C=O) groups is 11. The second-order valence-corrected chi connectivity index (χ2v) is 22.0. The number of carbonyl (C=O) groups excluding carboxylic acids is 11. The Kier molecular flexibility index (Phi) is 49.8. The fraction of sp³-hybridized carbons (Fsp3) is 0.696. The lowest BCUT2D eigenvalue weighted by molar-refractivity contribution is -0.137. The lowest BCUT2D eigenvalue weighted by atomic mass is 10.00. The highest BCUT2D eigenvalue weighted by Gasteiger charge is 2.37. The number of aliphatic hydroxyl groups excluding tert-OH is 2. The molecule has 34 heteroatoms. The number of amides is 11. The first-order valence-corrected chi connectivity index (χ1v) is 29.5. The van der Waals surface area contributed by atoms with Crippen LogP contribution in [-0.2, 0) is 59.2 Å². The molecule has 29 nitrogen and oxygen atoms in total. The molecular formula is C56H103Cl5N16O13. The normalized spacial score (nSPS) is 21.6. The quantitative estimate of drug-likeness (QED) is 0.0353. The van der Waals surface area contributed by atoms with Crippen molar-refractivity contribution in [2.45, 2.75) is 198 Å². The van der Waals surface area contributed by atoms with Crippen molar-refractivity contribution in [2.75, 3.05) is 39.3 Å². The zero-order valence-electron chi connectivity index (χ0n) is 52.2. The van der Waals surface area contributed by atoms with E-state index in [0.29, 0.717) is 17.9 Å². The lowest BCUT2D eigenvalue weighted by Gasteiger charge is -2.29. The summed E-state index contributed by atoms with van der Waals surface area (Å²) in [5.74, 6) is -9.45. The fourth-order valence-corrected chi connectivity index (χ4v) is 9.12. The van der Waals surface area contributed by atoms with Crippen LogP contribution >= 0.6 is 62.0 Å². The summed E-state index contributed by atoms with van der Waals surface area (Å²) in [7, 11) is 0. The van der Waals surface area contributed by atoms with E-state index in [9.17, 15) is 63.0 Å². The monoisotopic (exact) mass is 1380 g/mol. The minimum atomic E-state index is -1.70. The minimum Gasteiger partial charge on any atom is -0.391 e. The Hall–Kier alpha value is -5.44. The van der Waals surface area contributed by atoms with Gasteiger partial charge in [-0.25, -0.2) is 0 Å². The highest BCUT2D eigenvalue weighted by molar-refractivity contribution is 5.99. The number of rotatable bonds is 29. The number of halogens is 5. The number of benzene rings is 1. The topological polar surface area (TPSA) is 491 Å². The molecule has 1 aromatic rings. The van der Waals surface area contributed by atoms with Crippen molar-refractivity contribution in [1.82, 2.24) is 58.5 Å². The zero-order chi connectivity index (χ0) is 63.8. The molecule has 1 aliphatic rings. The zero-order valence-corrected chi connectivity index (χ0v) is 56.3. The predicted molar refractivity (Wildman–Crippen MR) is 352 cm³/mol. The van der Waals surface area contributed by atoms with Gasteiger partial charge in [-0.1, -0.05) is 77.3 Å². The van der Waals surface area contributed by atoms with Gasteiger partial charge in [-0.2, -0.15) is 0 Å². The summed E-state index contributed by atoms with van der Waals surface area (Å²) in [6.07, 6.45) is -1.05. The third-order valence-corrected chi connectivity index (χ3v) is 14.3. The maximum atomic E-state index is 14.5. The van der Waals surface area contributed by atoms with Crippen LogP contribution in [-0.4, -0.2) is 187 Å². The molecule has 0 radical (unpaired) electrons. The van der Waals surface area contributed by atoms with Crippen molar-refractivity contribution in [1.29, 1.82) is 0 Å². The number of nitrogens with one attached hydrogen (secondary N) is 11. The number of hydrogen-bond acceptors (Lipinski definition) is 18. The Balaban J connectivity index is -0.00000740. The number of unbranched alkanes of at least 4 members (excludes halogenated alkanes) is 1. The van der Waals surface area contributed by atoms with Crippen LogP contribution in [0.4, 0.5) is 0 Å². The molecule has 0 aromatic heterocycles. The molecule has 2 rings (SSSR count). The summed E-state index contributed by atoms with van der Waals surface area (Å²) in [5, 5.41) is 49.7. The van der Waals surface area contributed by atoms with Gasteiger partial charge < -0.3 is 97.4 Å². The highest BCUT2D eigenvalue weighted by Crippen LogP contribution is 2.14. The maximum Gasteiger partial charge on any atom is 0.245 e. The summed E-state index contributed by atoms with van der Waals surface area (Å²) in [6.45, 7) is 9.00. The van der Waals surface area contributed by atoms with E-state index in [1.165, 1.54) is 13.8 Å². The first-order chi connectivity index (χ1) is 40.3. The van der Waals surface area contributed by atoms with E-state index in [1.807, 2.05) is 0 Å². The minimum absolute atomic E-state index is 0. The van der Waals surface area contributed by atoms with Gasteiger partial charge in [-0.05, 0) is 115 Å². The number of aliphatic hydroxyl groups is 2. The molecule has 1 saturated heterocycles. The van der Waals surface area contributed by atoms with E-state index < -0.39 is 151 Å². The molecule has 520 valence electrons. The van der Waals surface area contributed by atoms with Crippen molar-refractivity contribution < 1.29 is 63.0 Å². The molecule has 1 aliphatic heterocycles. The van der Waals surface area contributed by atoms with Gasteiger partial charge in [0.1, 0.15) is 60.4 Å². The molecule has 0 spiro atoms. The molecule has 90 heavy (non-hydrogen) atoms. The van der Waals surface area contributed by atoms with Crippen LogP contribution < -0.4 is 87.2 Å². The Morgan fingerprint density at radius 3 is 1.49 bits per heavy atom. The smallest absolute Gasteiger partial charge is 0.245 e. The standard InChI is InChI=1S/C56H98N16O13.5ClH/c1-7-32(4)13-11-12-16-44(75)63-36(17-23-57)51(80)72-46(34(6)74)56(85)68-39(20-26-60)48(77)67-41-22-28-62-55(84)45(33(5)73)71-52(81)40(21-27-61)65-47(76)37(18-24-58)66-53(82)42(29-31(2)3)69-54(83)43(30-35-14-9-8-10-15-35)70-49(78)38(19-25-59)64-50(41)79;;;;;/h8-10,14-15,31-34,36-43,45-46,73-74H,7,11-13,16-30,57-61H2,1-6H3,(H,62,84)(H,63,75)(H,64,79)(H,65,76)(H,66,82)(H,67,77)(H,68,85)(H,69,83)(H,70,78)(H,71,81)(H,72,80);5*1H/t32-,33+,34+,36-,37-,38-,39-,40-,41-,42-,43+,45-,46-;;;;;/m0...../s1. The fourth-order valence-electron chi connectivity index (χ4n) is 9.12. The van der Waals surface area contributed by atoms with E-state index in [2.05, 4.69) is 72.3 Å². The molecule has 0 unspecified atom stereocenters. The number of hydrogen-bond donors (Lipinski definition) is 18. The molecule has 0 bridgehead atoms. The summed E-state index contributed by atoms with van der Waals surface area (Å²) in [6, 6.07) is -6.23. The average molecular weight is 1390 g/mol. The Morgan fingerprint density at radius 1 is 0.544 bits per heavy atom. The summed E-state index contributed by atoms with van der Waals surface area (Å²) in [5.41, 5.74) is 29.9. The SMILES string of the molecule is CC[C@H](C)CCCCC(=O)N[C@@H](CCN)C(=O)N[C@H](C(=O)N[C@@H](CCN)C(=O)N[C@H]1CCNC(=O)[C@H]([C@@H](C)O)NC(=O)[C@H](CCN)NC(=O)[C@H](CCN)NC(=O)[C@H](CC(C)C)NC(=O)[C@@H](Cc2ccccc2)NC(=O)[C@H](CCN)NC1=O)[C@@H](C)O.Cl.Cl.Cl.Cl.Cl. The second-order valence-electron chi connectivity index (χ2n) is 22.0. The van der Waals surface area contributed by atoms with E-state index in [4.69, 9.17) is 28.7 Å². The Labute approximate surface area is 559 Å². The van der Waals surface area contributed by atoms with E-state index in [1.54, 1.807) is 44.2 Å². The molecule has 0 aliphatic carbocycles. The summed E-state index contributed by atoms with van der Waals surface area (Å²) in [4.78, 5) is 154. The summed E-state index contributed by atoms with van der Waals surface area (Å²) < 4.78 is 0. The summed E-state index contributed by atoms with van der Waals surface area (Å²) >= 11 is 0. The van der Waals surface area contributed by atoms with E-state index in [0.717, 1.165) is 19.3 Å². The molecule has 23 N–H and O–H groups in total. The first-order valence-electron chi connectivity index (χ1n) is 29.5. The van der Waals surface area contributed by atoms with Crippen LogP contribution in [0.25, 0.3) is 0 Å². The van der Waals surface area contributed by atoms with Crippen molar-refractivity contribution in [3.63, 3.8) is 0 Å². The van der Waals surface area contributed by atoms with Crippen LogP contribution in [0.15, 0.2) is 30.3 Å². The van der Waals surface area contributed by atoms with Gasteiger partial charge in [-0.3, -0.25) is 52.7 Å². The van der Waals surface area contributed by atoms with Crippen LogP contribution in [0.1, 0.15) is 124 Å². The molecule has 1 fully saturated rings. The average Bonchev–Trinajstić information content (AvgIpc) is 3.29. The molecule has 13 atom stereocenters. The van der Waals surface area contributed by atoms with Gasteiger partial charge in [0.15, 0.2) is 0 Å². The van der Waals surface area contributed by atoms with Crippen molar-refractivity contribution in [3.05, 3.63) is 35.9 Å². The van der Waals surface area contributed by atoms with Gasteiger partial charge in [0.25, 0.3) is 0 Å². The van der Waals surface area contributed by atoms with Crippen molar-refractivity contribution in [2.24, 2.45) is 40.5 Å². The number of nitrogens with two attached hydrogens (primary N) is 5. The van der Waals surface area contributed by atoms with Crippen molar-refractivity contribution in [3.8, 4) is 0 Å². The van der Waals surface area contributed by atoms with Crippen LogP contribution in [0.2, 0.25) is 0 Å². The largest absolute Gasteiger partial charge is 0.391 e. The first kappa shape index (κ1) is 91.0. The van der Waals surface area contributed by atoms with Gasteiger partial charge in [0.05, 0.1) is 12.2 Å². The van der Waals surface area contributed by atoms with Gasteiger partial charge in [0.2, 0.25) is 65.0 Å². The maximum absolute atomic E-state index is 14.5. The van der Waals surface area contributed by atoms with Crippen molar-refractivity contribution >= 4 is 127 Å². The Bertz CT molecular complexity index is 2340. The van der Waals surface area contributed by atoms with Crippen LogP contribution in [0.3, 0.4) is 0 Å². The molecule has 11 amide bonds. The molecule has 1 heterocycles. The van der Waals surface area contributed by atoms with Crippen LogP contribution in [0.5, 0.6) is 0 Å². The third kappa shape index (κ3) is 33.2. The Morgan fingerprint density at radius 2 is 1.01 bits per heavy atom. The van der Waals surface area contributed by atoms with Gasteiger partial charge in [-0.15, -0.1) is 62.0 Å². The molecular weight excluding hydrogens is 1280 g/mol. The predicted octanol–water partition coefficient (Wildman–Crippen LogP) is -3.14. The lowest BCUT2D eigenvalue weighted by Crippen LogP contribution is -2.62. The van der Waals surface area contributed by atoms with E-state index in [-0.39, 0.29) is 152 Å². The second kappa shape index (κ2) is 49.2. The van der Waals surface area contributed by atoms with Crippen LogP contribution in [0, 0.1) is 11.8 Å². The van der Waals surface area contributed by atoms with Gasteiger partial charge >= 0.3 is 0 Å².